The average molecular weight is 389 g/mol. The quantitative estimate of drug-likeness (QED) is 0.482. The second-order valence-corrected chi connectivity index (χ2v) is 7.32. The summed E-state index contributed by atoms with van der Waals surface area (Å²) in [4.78, 5) is 9.15. The summed E-state index contributed by atoms with van der Waals surface area (Å²) in [5.41, 5.74) is 11.8. The van der Waals surface area contributed by atoms with E-state index in [4.69, 9.17) is 17.3 Å². The minimum atomic E-state index is 0.487. The molecule has 28 heavy (non-hydrogen) atoms. The summed E-state index contributed by atoms with van der Waals surface area (Å²) >= 11 is 5.99. The molecule has 0 saturated carbocycles. The molecule has 1 heterocycles. The van der Waals surface area contributed by atoms with Crippen molar-refractivity contribution in [3.05, 3.63) is 94.0 Å². The van der Waals surface area contributed by atoms with E-state index in [1.165, 1.54) is 11.1 Å². The highest BCUT2D eigenvalue weighted by Gasteiger charge is 2.10. The van der Waals surface area contributed by atoms with Gasteiger partial charge in [-0.15, -0.1) is 0 Å². The molecule has 5 heteroatoms. The molecule has 0 aliphatic rings. The Morgan fingerprint density at radius 2 is 1.61 bits per heavy atom. The molecule has 3 aromatic carbocycles. The first kappa shape index (κ1) is 18.3. The summed E-state index contributed by atoms with van der Waals surface area (Å²) in [5.74, 6) is 1.02. The van der Waals surface area contributed by atoms with E-state index in [-0.39, 0.29) is 0 Å². The summed E-state index contributed by atoms with van der Waals surface area (Å²) in [6, 6.07) is 22.3. The molecule has 0 aliphatic carbocycles. The molecule has 1 aromatic heterocycles. The Morgan fingerprint density at radius 3 is 2.36 bits per heavy atom. The van der Waals surface area contributed by atoms with Crippen LogP contribution < -0.4 is 11.1 Å². The third kappa shape index (κ3) is 4.07. The van der Waals surface area contributed by atoms with Crippen molar-refractivity contribution in [1.82, 2.24) is 9.97 Å². The Bertz CT molecular complexity index is 1110. The van der Waals surface area contributed by atoms with Crippen molar-refractivity contribution in [3.63, 3.8) is 0 Å². The molecule has 3 N–H and O–H groups in total. The minimum absolute atomic E-state index is 0.487. The van der Waals surface area contributed by atoms with Crippen molar-refractivity contribution in [3.8, 4) is 0 Å². The number of aromatic nitrogens is 2. The highest BCUT2D eigenvalue weighted by atomic mass is 35.5. The van der Waals surface area contributed by atoms with Gasteiger partial charge in [-0.05, 0) is 48.2 Å². The molecule has 0 spiro atoms. The van der Waals surface area contributed by atoms with Crippen molar-refractivity contribution < 1.29 is 0 Å². The lowest BCUT2D eigenvalue weighted by Gasteiger charge is -2.11. The number of nitrogens with one attached hydrogen (secondary N) is 1. The number of hydrogen-bond acceptors (Lipinski definition) is 4. The van der Waals surface area contributed by atoms with Crippen LogP contribution in [0.15, 0.2) is 66.7 Å². The lowest BCUT2D eigenvalue weighted by molar-refractivity contribution is 1.07. The van der Waals surface area contributed by atoms with Crippen LogP contribution in [0.3, 0.4) is 0 Å². The van der Waals surface area contributed by atoms with Gasteiger partial charge in [0, 0.05) is 17.0 Å². The van der Waals surface area contributed by atoms with Gasteiger partial charge < -0.3 is 11.1 Å². The van der Waals surface area contributed by atoms with Gasteiger partial charge in [-0.3, -0.25) is 0 Å². The van der Waals surface area contributed by atoms with Gasteiger partial charge in [-0.2, -0.15) is 4.98 Å². The van der Waals surface area contributed by atoms with Crippen LogP contribution in [-0.4, -0.2) is 9.97 Å². The number of benzene rings is 3. The standard InChI is InChI=1S/C23H21ClN4/c1-15-5-7-17(8-6-15)14-26-23-27-20-4-2-3-18(21(20)22(25)28-23)13-16-9-11-19(24)12-10-16/h2-12H,13-14H2,1H3,(H3,25,26,27,28). The Labute approximate surface area is 169 Å². The van der Waals surface area contributed by atoms with Gasteiger partial charge in [0.05, 0.1) is 5.52 Å². The highest BCUT2D eigenvalue weighted by molar-refractivity contribution is 6.30. The summed E-state index contributed by atoms with van der Waals surface area (Å²) in [6.45, 7) is 2.72. The Balaban J connectivity index is 1.60. The largest absolute Gasteiger partial charge is 0.383 e. The van der Waals surface area contributed by atoms with E-state index in [0.717, 1.165) is 33.5 Å². The molecule has 0 saturated heterocycles. The molecule has 0 unspecified atom stereocenters. The van der Waals surface area contributed by atoms with Gasteiger partial charge in [0.1, 0.15) is 5.82 Å². The van der Waals surface area contributed by atoms with Gasteiger partial charge in [0.2, 0.25) is 5.95 Å². The van der Waals surface area contributed by atoms with Gasteiger partial charge in [-0.1, -0.05) is 65.7 Å². The number of aryl methyl sites for hydroxylation is 1. The third-order valence-corrected chi connectivity index (χ3v) is 4.97. The lowest BCUT2D eigenvalue weighted by atomic mass is 10.0. The lowest BCUT2D eigenvalue weighted by Crippen LogP contribution is -2.07. The molecule has 4 rings (SSSR count). The molecule has 4 nitrogen and oxygen atoms in total. The van der Waals surface area contributed by atoms with E-state index in [1.807, 2.05) is 36.4 Å². The highest BCUT2D eigenvalue weighted by Crippen LogP contribution is 2.26. The number of nitrogens with zero attached hydrogens (tertiary/aromatic N) is 2. The van der Waals surface area contributed by atoms with Crippen LogP contribution in [0.25, 0.3) is 10.9 Å². The second-order valence-electron chi connectivity index (χ2n) is 6.89. The van der Waals surface area contributed by atoms with Crippen molar-refractivity contribution >= 4 is 34.3 Å². The maximum atomic E-state index is 6.31. The predicted octanol–water partition coefficient (Wildman–Crippen LogP) is 5.38. The van der Waals surface area contributed by atoms with Crippen LogP contribution in [0.2, 0.25) is 5.02 Å². The fourth-order valence-corrected chi connectivity index (χ4v) is 3.35. The molecule has 0 aliphatic heterocycles. The monoisotopic (exact) mass is 388 g/mol. The smallest absolute Gasteiger partial charge is 0.225 e. The number of nitrogen functional groups attached to an aromatic ring is 1. The molecular formula is C23H21ClN4. The Hall–Kier alpha value is -3.11. The molecule has 0 amide bonds. The van der Waals surface area contributed by atoms with Crippen molar-refractivity contribution in [1.29, 1.82) is 0 Å². The van der Waals surface area contributed by atoms with Crippen LogP contribution >= 0.6 is 11.6 Å². The maximum Gasteiger partial charge on any atom is 0.225 e. The summed E-state index contributed by atoms with van der Waals surface area (Å²) < 4.78 is 0. The number of nitrogens with two attached hydrogens (primary N) is 1. The maximum absolute atomic E-state index is 6.31. The van der Waals surface area contributed by atoms with E-state index in [2.05, 4.69) is 52.5 Å². The first-order valence-corrected chi connectivity index (χ1v) is 9.55. The number of fused-ring (bicyclic) bond motifs is 1. The van der Waals surface area contributed by atoms with E-state index >= 15 is 0 Å². The number of anilines is 2. The predicted molar refractivity (Wildman–Crippen MR) is 117 cm³/mol. The summed E-state index contributed by atoms with van der Waals surface area (Å²) in [7, 11) is 0. The molecule has 0 fully saturated rings. The van der Waals surface area contributed by atoms with Crippen molar-refractivity contribution in [2.24, 2.45) is 0 Å². The number of hydrogen-bond donors (Lipinski definition) is 2. The fraction of sp³-hybridized carbons (Fsp3) is 0.130. The Morgan fingerprint density at radius 1 is 0.893 bits per heavy atom. The molecule has 0 bridgehead atoms. The van der Waals surface area contributed by atoms with Crippen LogP contribution in [-0.2, 0) is 13.0 Å². The van der Waals surface area contributed by atoms with Gasteiger partial charge in [0.25, 0.3) is 0 Å². The first-order chi connectivity index (χ1) is 13.6. The molecule has 0 atom stereocenters. The van der Waals surface area contributed by atoms with E-state index in [1.54, 1.807) is 0 Å². The zero-order valence-electron chi connectivity index (χ0n) is 15.6. The average Bonchev–Trinajstić information content (AvgIpc) is 2.69. The van der Waals surface area contributed by atoms with Crippen LogP contribution in [0, 0.1) is 6.92 Å². The van der Waals surface area contributed by atoms with Gasteiger partial charge >= 0.3 is 0 Å². The van der Waals surface area contributed by atoms with E-state index in [0.29, 0.717) is 18.3 Å². The van der Waals surface area contributed by atoms with Crippen molar-refractivity contribution in [2.75, 3.05) is 11.1 Å². The van der Waals surface area contributed by atoms with E-state index in [9.17, 15) is 0 Å². The SMILES string of the molecule is Cc1ccc(CNc2nc(N)c3c(Cc4ccc(Cl)cc4)cccc3n2)cc1. The third-order valence-electron chi connectivity index (χ3n) is 4.72. The zero-order valence-corrected chi connectivity index (χ0v) is 16.4. The first-order valence-electron chi connectivity index (χ1n) is 9.17. The molecule has 4 aromatic rings. The Kier molecular flexibility index (Phi) is 5.13. The van der Waals surface area contributed by atoms with Crippen LogP contribution in [0.1, 0.15) is 22.3 Å². The number of rotatable bonds is 5. The zero-order chi connectivity index (χ0) is 19.5. The second kappa shape index (κ2) is 7.87. The topological polar surface area (TPSA) is 63.8 Å². The molecule has 0 radical (unpaired) electrons. The van der Waals surface area contributed by atoms with Crippen LogP contribution in [0.5, 0.6) is 0 Å². The molecular weight excluding hydrogens is 368 g/mol. The fourth-order valence-electron chi connectivity index (χ4n) is 3.22. The molecule has 140 valence electrons. The normalized spacial score (nSPS) is 10.9. The number of halogens is 1. The van der Waals surface area contributed by atoms with Crippen LogP contribution in [0.4, 0.5) is 11.8 Å². The van der Waals surface area contributed by atoms with Gasteiger partial charge in [0.15, 0.2) is 0 Å². The van der Waals surface area contributed by atoms with Crippen molar-refractivity contribution in [2.45, 2.75) is 19.9 Å². The van der Waals surface area contributed by atoms with E-state index < -0.39 is 0 Å². The summed E-state index contributed by atoms with van der Waals surface area (Å²) in [5, 5.41) is 4.90. The van der Waals surface area contributed by atoms with Gasteiger partial charge in [-0.25, -0.2) is 4.98 Å². The summed E-state index contributed by atoms with van der Waals surface area (Å²) in [6.07, 6.45) is 0.748. The minimum Gasteiger partial charge on any atom is -0.383 e.